The number of hydrogen-bond donors (Lipinski definition) is 5. The lowest BCUT2D eigenvalue weighted by Crippen LogP contribution is -2.38. The van der Waals surface area contributed by atoms with Gasteiger partial charge in [0.2, 0.25) is 0 Å². The Morgan fingerprint density at radius 1 is 1.09 bits per heavy atom. The number of aliphatic hydroxyl groups excluding tert-OH is 2. The molecule has 8 nitrogen and oxygen atoms in total. The number of aromatic amines is 1. The van der Waals surface area contributed by atoms with Crippen LogP contribution in [0.4, 0.5) is 19.4 Å². The number of nitrogens with one attached hydrogen (secondary N) is 3. The van der Waals surface area contributed by atoms with Crippen molar-refractivity contribution >= 4 is 22.8 Å². The third-order valence-electron chi connectivity index (χ3n) is 5.13. The minimum Gasteiger partial charge on any atom is -0.391 e. The molecule has 4 aromatic rings. The van der Waals surface area contributed by atoms with E-state index in [9.17, 15) is 23.8 Å². The number of aromatic nitrogens is 3. The Hall–Kier alpha value is -3.89. The number of nitrogens with zero attached hydrogens (tertiary/aromatic N) is 2. The van der Waals surface area contributed by atoms with E-state index >= 15 is 0 Å². The number of carbonyl (C=O) groups excluding carboxylic acids is 1. The number of aliphatic hydroxyl groups is 2. The molecule has 33 heavy (non-hydrogen) atoms. The molecule has 0 fully saturated rings. The molecule has 0 saturated heterocycles. The highest BCUT2D eigenvalue weighted by Crippen LogP contribution is 2.30. The van der Waals surface area contributed by atoms with Gasteiger partial charge >= 0.3 is 6.03 Å². The monoisotopic (exact) mass is 453 g/mol. The van der Waals surface area contributed by atoms with E-state index in [1.807, 2.05) is 0 Å². The maximum Gasteiger partial charge on any atom is 0.320 e. The largest absolute Gasteiger partial charge is 0.391 e. The van der Waals surface area contributed by atoms with Crippen molar-refractivity contribution in [3.05, 3.63) is 77.5 Å². The second-order valence-electron chi connectivity index (χ2n) is 7.48. The third kappa shape index (κ3) is 4.81. The minimum absolute atomic E-state index is 0.141. The SMILES string of the molecule is CC(O)C(NC(=O)Nc1cc2[nH]nc(-c3ccc(F)cc3)c2c(CO)n1)c1ccc(F)cc1. The molecule has 2 unspecified atom stereocenters. The van der Waals surface area contributed by atoms with E-state index in [1.165, 1.54) is 43.3 Å². The first-order valence-electron chi connectivity index (χ1n) is 10.1. The molecule has 2 aromatic heterocycles. The molecule has 0 bridgehead atoms. The lowest BCUT2D eigenvalue weighted by atomic mass is 10.0. The summed E-state index contributed by atoms with van der Waals surface area (Å²) in [6.07, 6.45) is -0.949. The number of pyridine rings is 1. The summed E-state index contributed by atoms with van der Waals surface area (Å²) in [5.41, 5.74) is 2.42. The highest BCUT2D eigenvalue weighted by molar-refractivity contribution is 5.97. The zero-order valence-electron chi connectivity index (χ0n) is 17.5. The second kappa shape index (κ2) is 9.31. The van der Waals surface area contributed by atoms with Crippen molar-refractivity contribution in [2.75, 3.05) is 5.32 Å². The van der Waals surface area contributed by atoms with Gasteiger partial charge < -0.3 is 15.5 Å². The van der Waals surface area contributed by atoms with Gasteiger partial charge in [-0.05, 0) is 48.9 Å². The van der Waals surface area contributed by atoms with E-state index in [0.29, 0.717) is 27.7 Å². The first-order valence-corrected chi connectivity index (χ1v) is 10.1. The number of fused-ring (bicyclic) bond motifs is 1. The smallest absolute Gasteiger partial charge is 0.320 e. The fourth-order valence-corrected chi connectivity index (χ4v) is 3.56. The Morgan fingerprint density at radius 3 is 2.33 bits per heavy atom. The number of benzene rings is 2. The molecule has 2 amide bonds. The number of anilines is 1. The Labute approximate surface area is 187 Å². The van der Waals surface area contributed by atoms with Crippen LogP contribution in [0.5, 0.6) is 0 Å². The van der Waals surface area contributed by atoms with E-state index < -0.39 is 30.6 Å². The average Bonchev–Trinajstić information content (AvgIpc) is 3.22. The highest BCUT2D eigenvalue weighted by Gasteiger charge is 2.21. The van der Waals surface area contributed by atoms with Gasteiger partial charge in [0.25, 0.3) is 0 Å². The molecule has 2 atom stereocenters. The molecule has 2 aromatic carbocycles. The summed E-state index contributed by atoms with van der Waals surface area (Å²) in [5.74, 6) is -0.671. The van der Waals surface area contributed by atoms with Crippen molar-refractivity contribution in [3.63, 3.8) is 0 Å². The number of urea groups is 1. The van der Waals surface area contributed by atoms with Gasteiger partial charge in [-0.25, -0.2) is 18.6 Å². The molecule has 0 aliphatic rings. The van der Waals surface area contributed by atoms with E-state index in [0.717, 1.165) is 0 Å². The van der Waals surface area contributed by atoms with Gasteiger partial charge in [0.05, 0.1) is 35.3 Å². The number of amides is 2. The quantitative estimate of drug-likeness (QED) is 0.305. The molecule has 2 heterocycles. The average molecular weight is 453 g/mol. The first-order chi connectivity index (χ1) is 15.9. The van der Waals surface area contributed by atoms with E-state index in [-0.39, 0.29) is 17.3 Å². The molecule has 5 N–H and O–H groups in total. The van der Waals surface area contributed by atoms with Gasteiger partial charge in [-0.2, -0.15) is 5.10 Å². The number of rotatable bonds is 6. The normalized spacial score (nSPS) is 13.0. The van der Waals surface area contributed by atoms with Crippen LogP contribution in [0.15, 0.2) is 54.6 Å². The predicted octanol–water partition coefficient (Wildman–Crippen LogP) is 3.64. The van der Waals surface area contributed by atoms with Crippen molar-refractivity contribution in [1.82, 2.24) is 20.5 Å². The Bertz CT molecular complexity index is 1270. The van der Waals surface area contributed by atoms with Gasteiger partial charge in [-0.1, -0.05) is 12.1 Å². The van der Waals surface area contributed by atoms with Gasteiger partial charge in [0, 0.05) is 11.6 Å². The Morgan fingerprint density at radius 2 is 1.73 bits per heavy atom. The molecule has 0 aliphatic carbocycles. The van der Waals surface area contributed by atoms with E-state index in [2.05, 4.69) is 25.8 Å². The summed E-state index contributed by atoms with van der Waals surface area (Å²) >= 11 is 0. The molecule has 0 aliphatic heterocycles. The van der Waals surface area contributed by atoms with Gasteiger partial charge in [0.1, 0.15) is 23.1 Å². The van der Waals surface area contributed by atoms with E-state index in [4.69, 9.17) is 0 Å². The first kappa shape index (κ1) is 22.3. The summed E-state index contributed by atoms with van der Waals surface area (Å²) in [6.45, 7) is 1.08. The Balaban J connectivity index is 1.59. The lowest BCUT2D eigenvalue weighted by molar-refractivity contribution is 0.148. The van der Waals surface area contributed by atoms with Crippen molar-refractivity contribution in [2.24, 2.45) is 0 Å². The van der Waals surface area contributed by atoms with Crippen LogP contribution in [0.1, 0.15) is 24.2 Å². The zero-order valence-corrected chi connectivity index (χ0v) is 17.5. The molecular weight excluding hydrogens is 432 g/mol. The topological polar surface area (TPSA) is 123 Å². The van der Waals surface area contributed by atoms with Crippen LogP contribution in [0, 0.1) is 11.6 Å². The van der Waals surface area contributed by atoms with Gasteiger partial charge in [-0.3, -0.25) is 10.4 Å². The summed E-state index contributed by atoms with van der Waals surface area (Å²) < 4.78 is 26.5. The Kier molecular flexibility index (Phi) is 6.29. The predicted molar refractivity (Wildman–Crippen MR) is 118 cm³/mol. The number of halogens is 2. The third-order valence-corrected chi connectivity index (χ3v) is 5.13. The molecule has 0 saturated carbocycles. The standard InChI is InChI=1S/C23H21F2N5O3/c1-12(32)21(13-2-6-15(24)7-3-13)28-23(33)27-19-10-17-20(18(11-31)26-19)22(30-29-17)14-4-8-16(25)9-5-14/h2-10,12,21,31-32H,11H2,1H3,(H,29,30)(H2,26,27,28,33). The fourth-order valence-electron chi connectivity index (χ4n) is 3.56. The minimum atomic E-state index is -0.949. The van der Waals surface area contributed by atoms with Crippen molar-refractivity contribution in [1.29, 1.82) is 0 Å². The summed E-state index contributed by atoms with van der Waals surface area (Å²) in [6, 6.07) is 11.3. The molecule has 0 radical (unpaired) electrons. The number of carbonyl (C=O) groups is 1. The van der Waals surface area contributed by atoms with Crippen LogP contribution in [0.25, 0.3) is 22.2 Å². The number of hydrogen-bond acceptors (Lipinski definition) is 5. The number of H-pyrrole nitrogens is 1. The summed E-state index contributed by atoms with van der Waals surface area (Å²) in [4.78, 5) is 16.9. The van der Waals surface area contributed by atoms with Gasteiger partial charge in [-0.15, -0.1) is 0 Å². The van der Waals surface area contributed by atoms with E-state index in [1.54, 1.807) is 18.2 Å². The molecule has 4 rings (SSSR count). The van der Waals surface area contributed by atoms with Crippen LogP contribution in [0.2, 0.25) is 0 Å². The maximum absolute atomic E-state index is 13.3. The maximum atomic E-state index is 13.3. The lowest BCUT2D eigenvalue weighted by Gasteiger charge is -2.22. The second-order valence-corrected chi connectivity index (χ2v) is 7.48. The summed E-state index contributed by atoms with van der Waals surface area (Å²) in [7, 11) is 0. The molecule has 0 spiro atoms. The highest BCUT2D eigenvalue weighted by atomic mass is 19.1. The van der Waals surface area contributed by atoms with Gasteiger partial charge in [0.15, 0.2) is 0 Å². The van der Waals surface area contributed by atoms with Crippen LogP contribution in [0.3, 0.4) is 0 Å². The zero-order chi connectivity index (χ0) is 23.5. The van der Waals surface area contributed by atoms with Crippen LogP contribution < -0.4 is 10.6 Å². The van der Waals surface area contributed by atoms with Crippen molar-refractivity contribution in [3.8, 4) is 11.3 Å². The van der Waals surface area contributed by atoms with Crippen LogP contribution in [-0.4, -0.2) is 37.5 Å². The van der Waals surface area contributed by atoms with Crippen LogP contribution >= 0.6 is 0 Å². The fraction of sp³-hybridized carbons (Fsp3) is 0.174. The van der Waals surface area contributed by atoms with Crippen molar-refractivity contribution < 1.29 is 23.8 Å². The molecular formula is C23H21F2N5O3. The molecule has 10 heteroatoms. The molecule has 170 valence electrons. The van der Waals surface area contributed by atoms with Crippen LogP contribution in [-0.2, 0) is 6.61 Å². The van der Waals surface area contributed by atoms with Crippen molar-refractivity contribution in [2.45, 2.75) is 25.7 Å². The summed E-state index contributed by atoms with van der Waals surface area (Å²) in [5, 5.41) is 32.8.